The van der Waals surface area contributed by atoms with Gasteiger partial charge in [-0.3, -0.25) is 5.41 Å². The summed E-state index contributed by atoms with van der Waals surface area (Å²) in [6.07, 6.45) is 1.21. The SMILES string of the molecule is COC(=N)c1c(N)ncnc1Oc1ccc(NC(=O)NCCN(C)C)c(Cl)c1. The van der Waals surface area contributed by atoms with Crippen molar-refractivity contribution in [1.29, 1.82) is 5.41 Å². The standard InChI is InChI=1S/C17H22ClN7O3/c1-25(2)7-6-21-17(26)24-12-5-4-10(8-11(12)18)28-16-13(15(20)27-3)14(19)22-9-23-16/h4-5,8-9,20H,6-7H2,1-3H3,(H2,19,22,23)(H2,21,24,26). The van der Waals surface area contributed by atoms with E-state index in [0.717, 1.165) is 6.54 Å². The number of hydrogen-bond donors (Lipinski definition) is 4. The molecule has 1 aromatic carbocycles. The van der Waals surface area contributed by atoms with Crippen molar-refractivity contribution in [3.8, 4) is 11.6 Å². The van der Waals surface area contributed by atoms with Crippen LogP contribution in [0.1, 0.15) is 5.56 Å². The van der Waals surface area contributed by atoms with Crippen LogP contribution >= 0.6 is 11.6 Å². The van der Waals surface area contributed by atoms with Crippen molar-refractivity contribution >= 4 is 35.0 Å². The van der Waals surface area contributed by atoms with Gasteiger partial charge in [-0.15, -0.1) is 0 Å². The molecule has 11 heteroatoms. The largest absolute Gasteiger partial charge is 0.481 e. The third-order valence-corrected chi connectivity index (χ3v) is 3.83. The number of methoxy groups -OCH3 is 1. The molecule has 0 radical (unpaired) electrons. The van der Waals surface area contributed by atoms with Gasteiger partial charge in [-0.2, -0.15) is 0 Å². The van der Waals surface area contributed by atoms with Crippen molar-refractivity contribution in [3.63, 3.8) is 0 Å². The van der Waals surface area contributed by atoms with E-state index < -0.39 is 0 Å². The molecule has 0 atom stereocenters. The first kappa shape index (κ1) is 21.2. The van der Waals surface area contributed by atoms with Crippen molar-refractivity contribution in [3.05, 3.63) is 35.1 Å². The molecule has 1 heterocycles. The summed E-state index contributed by atoms with van der Waals surface area (Å²) in [5.41, 5.74) is 6.33. The average molecular weight is 408 g/mol. The molecule has 0 spiro atoms. The van der Waals surface area contributed by atoms with Gasteiger partial charge in [0.25, 0.3) is 0 Å². The van der Waals surface area contributed by atoms with Crippen LogP contribution in [0.4, 0.5) is 16.3 Å². The molecular formula is C17H22ClN7O3. The van der Waals surface area contributed by atoms with E-state index in [4.69, 9.17) is 32.2 Å². The number of amides is 2. The Morgan fingerprint density at radius 3 is 2.75 bits per heavy atom. The van der Waals surface area contributed by atoms with E-state index >= 15 is 0 Å². The second-order valence-corrected chi connectivity index (χ2v) is 6.31. The summed E-state index contributed by atoms with van der Waals surface area (Å²) in [5, 5.41) is 13.5. The molecule has 0 aliphatic rings. The number of nitrogens with one attached hydrogen (secondary N) is 3. The molecule has 0 aliphatic heterocycles. The van der Waals surface area contributed by atoms with Crippen LogP contribution in [-0.4, -0.2) is 61.1 Å². The van der Waals surface area contributed by atoms with Gasteiger partial charge >= 0.3 is 6.03 Å². The molecule has 0 bridgehead atoms. The quantitative estimate of drug-likeness (QED) is 0.407. The second kappa shape index (κ2) is 9.72. The zero-order valence-corrected chi connectivity index (χ0v) is 16.5. The first-order valence-electron chi connectivity index (χ1n) is 8.22. The van der Waals surface area contributed by atoms with Gasteiger partial charge < -0.3 is 30.7 Å². The summed E-state index contributed by atoms with van der Waals surface area (Å²) >= 11 is 6.23. The van der Waals surface area contributed by atoms with Crippen molar-refractivity contribution in [1.82, 2.24) is 20.2 Å². The Morgan fingerprint density at radius 1 is 1.36 bits per heavy atom. The van der Waals surface area contributed by atoms with Crippen LogP contribution in [-0.2, 0) is 4.74 Å². The molecule has 28 heavy (non-hydrogen) atoms. The lowest BCUT2D eigenvalue weighted by Crippen LogP contribution is -2.34. The fourth-order valence-electron chi connectivity index (χ4n) is 2.11. The van der Waals surface area contributed by atoms with Crippen LogP contribution in [0.3, 0.4) is 0 Å². The Hall–Kier alpha value is -3.11. The number of nitrogens with zero attached hydrogens (tertiary/aromatic N) is 3. The Labute approximate surface area is 167 Å². The van der Waals surface area contributed by atoms with Gasteiger partial charge in [0, 0.05) is 19.2 Å². The van der Waals surface area contributed by atoms with E-state index in [-0.39, 0.29) is 34.2 Å². The number of hydrogen-bond acceptors (Lipinski definition) is 8. The lowest BCUT2D eigenvalue weighted by atomic mass is 10.2. The second-order valence-electron chi connectivity index (χ2n) is 5.90. The van der Waals surface area contributed by atoms with Crippen molar-refractivity contribution in [2.24, 2.45) is 0 Å². The number of halogens is 1. The van der Waals surface area contributed by atoms with Crippen LogP contribution in [0.5, 0.6) is 11.6 Å². The average Bonchev–Trinajstić information content (AvgIpc) is 2.63. The van der Waals surface area contributed by atoms with Gasteiger partial charge in [0.2, 0.25) is 11.8 Å². The van der Waals surface area contributed by atoms with Crippen LogP contribution < -0.4 is 21.1 Å². The maximum absolute atomic E-state index is 11.9. The maximum atomic E-state index is 11.9. The lowest BCUT2D eigenvalue weighted by molar-refractivity contribution is 0.250. The zero-order valence-electron chi connectivity index (χ0n) is 15.7. The van der Waals surface area contributed by atoms with Crippen molar-refractivity contribution < 1.29 is 14.3 Å². The highest BCUT2D eigenvalue weighted by Gasteiger charge is 2.18. The number of benzene rings is 1. The minimum Gasteiger partial charge on any atom is -0.481 e. The van der Waals surface area contributed by atoms with Crippen LogP contribution in [0, 0.1) is 5.41 Å². The predicted molar refractivity (Wildman–Crippen MR) is 107 cm³/mol. The summed E-state index contributed by atoms with van der Waals surface area (Å²) in [6.45, 7) is 1.22. The van der Waals surface area contributed by atoms with Crippen LogP contribution in [0.25, 0.3) is 0 Å². The monoisotopic (exact) mass is 407 g/mol. The van der Waals surface area contributed by atoms with Crippen molar-refractivity contribution in [2.45, 2.75) is 0 Å². The number of carbonyl (C=O) groups excluding carboxylic acids is 1. The molecule has 2 amide bonds. The Bertz CT molecular complexity index is 861. The number of anilines is 2. The van der Waals surface area contributed by atoms with E-state index in [1.54, 1.807) is 12.1 Å². The smallest absolute Gasteiger partial charge is 0.319 e. The van der Waals surface area contributed by atoms with E-state index in [2.05, 4.69) is 20.6 Å². The highest BCUT2D eigenvalue weighted by atomic mass is 35.5. The van der Waals surface area contributed by atoms with Crippen molar-refractivity contribution in [2.75, 3.05) is 45.3 Å². The third kappa shape index (κ3) is 5.69. The number of likely N-dealkylation sites (N-methyl/N-ethyl adjacent to an activating group) is 1. The normalized spacial score (nSPS) is 10.5. The fraction of sp³-hybridized carbons (Fsp3) is 0.294. The fourth-order valence-corrected chi connectivity index (χ4v) is 2.32. The Kier molecular flexibility index (Phi) is 7.36. The highest BCUT2D eigenvalue weighted by Crippen LogP contribution is 2.31. The summed E-state index contributed by atoms with van der Waals surface area (Å²) < 4.78 is 10.6. The first-order chi connectivity index (χ1) is 13.3. The number of aromatic nitrogens is 2. The van der Waals surface area contributed by atoms with Crippen LogP contribution in [0.15, 0.2) is 24.5 Å². The molecule has 150 valence electrons. The minimum absolute atomic E-state index is 0.0515. The number of ether oxygens (including phenoxy) is 2. The summed E-state index contributed by atoms with van der Waals surface area (Å²) in [6, 6.07) is 4.33. The first-order valence-corrected chi connectivity index (χ1v) is 8.60. The molecule has 0 aliphatic carbocycles. The molecule has 0 fully saturated rings. The number of rotatable bonds is 7. The summed E-state index contributed by atoms with van der Waals surface area (Å²) in [4.78, 5) is 21.7. The van der Waals surface area contributed by atoms with E-state index in [1.807, 2.05) is 19.0 Å². The van der Waals surface area contributed by atoms with E-state index in [1.165, 1.54) is 19.5 Å². The molecule has 10 nitrogen and oxygen atoms in total. The summed E-state index contributed by atoms with van der Waals surface area (Å²) in [7, 11) is 5.17. The van der Waals surface area contributed by atoms with Gasteiger partial charge in [0.1, 0.15) is 23.5 Å². The van der Waals surface area contributed by atoms with Gasteiger partial charge in [-0.05, 0) is 26.2 Å². The Balaban J connectivity index is 2.10. The maximum Gasteiger partial charge on any atom is 0.319 e. The minimum atomic E-state index is -0.364. The lowest BCUT2D eigenvalue weighted by Gasteiger charge is -2.14. The molecule has 2 rings (SSSR count). The number of carbonyl (C=O) groups is 1. The zero-order chi connectivity index (χ0) is 20.7. The highest BCUT2D eigenvalue weighted by molar-refractivity contribution is 6.33. The van der Waals surface area contributed by atoms with Gasteiger partial charge in [-0.25, -0.2) is 14.8 Å². The van der Waals surface area contributed by atoms with Gasteiger partial charge in [0.05, 0.1) is 17.8 Å². The van der Waals surface area contributed by atoms with Gasteiger partial charge in [0.15, 0.2) is 0 Å². The number of nitrogens with two attached hydrogens (primary N) is 1. The molecule has 5 N–H and O–H groups in total. The Morgan fingerprint density at radius 2 is 2.11 bits per heavy atom. The topological polar surface area (TPSA) is 138 Å². The van der Waals surface area contributed by atoms with E-state index in [0.29, 0.717) is 18.0 Å². The molecule has 2 aromatic rings. The molecule has 0 saturated heterocycles. The molecule has 1 aromatic heterocycles. The van der Waals surface area contributed by atoms with Crippen LogP contribution in [0.2, 0.25) is 5.02 Å². The molecule has 0 unspecified atom stereocenters. The molecule has 0 saturated carbocycles. The number of nitrogen functional groups attached to an aromatic ring is 1. The number of urea groups is 1. The predicted octanol–water partition coefficient (Wildman–Crippen LogP) is 2.16. The summed E-state index contributed by atoms with van der Waals surface area (Å²) in [5.74, 6) is 0.215. The third-order valence-electron chi connectivity index (χ3n) is 3.52. The van der Waals surface area contributed by atoms with E-state index in [9.17, 15) is 4.79 Å². The molecular weight excluding hydrogens is 386 g/mol. The van der Waals surface area contributed by atoms with Gasteiger partial charge in [-0.1, -0.05) is 11.6 Å².